The average Bonchev–Trinajstić information content (AvgIpc) is 2.80. The van der Waals surface area contributed by atoms with E-state index < -0.39 is 0 Å². The third-order valence-corrected chi connectivity index (χ3v) is 3.56. The van der Waals surface area contributed by atoms with E-state index >= 15 is 0 Å². The van der Waals surface area contributed by atoms with Crippen LogP contribution in [0.3, 0.4) is 0 Å². The monoisotopic (exact) mass is 285 g/mol. The number of anilines is 1. The van der Waals surface area contributed by atoms with Crippen molar-refractivity contribution in [2.75, 3.05) is 5.32 Å². The summed E-state index contributed by atoms with van der Waals surface area (Å²) in [7, 11) is 0. The highest BCUT2D eigenvalue weighted by molar-refractivity contribution is 5.92. The smallest absolute Gasteiger partial charge is 0.272 e. The van der Waals surface area contributed by atoms with E-state index in [0.29, 0.717) is 23.0 Å². The quantitative estimate of drug-likeness (QED) is 0.579. The second kappa shape index (κ2) is 4.93. The minimum absolute atomic E-state index is 0.316. The fraction of sp³-hybridized carbons (Fsp3) is 0.214. The maximum atomic E-state index is 12.0. The molecule has 0 aliphatic carbocycles. The van der Waals surface area contributed by atoms with Gasteiger partial charge in [-0.1, -0.05) is 6.07 Å². The largest absolute Gasteiger partial charge is 0.380 e. The van der Waals surface area contributed by atoms with Gasteiger partial charge in [0.1, 0.15) is 0 Å². The molecule has 0 amide bonds. The lowest BCUT2D eigenvalue weighted by Gasteiger charge is -2.09. The van der Waals surface area contributed by atoms with E-state index in [1.165, 1.54) is 0 Å². The molecule has 0 saturated carbocycles. The Morgan fingerprint density at radius 3 is 2.62 bits per heavy atom. The Bertz CT molecular complexity index is 899. The number of nitrogens with zero attached hydrogens (tertiary/aromatic N) is 1. The van der Waals surface area contributed by atoms with E-state index in [0.717, 1.165) is 17.0 Å². The highest BCUT2D eigenvalue weighted by Gasteiger charge is 2.10. The van der Waals surface area contributed by atoms with Crippen LogP contribution in [-0.2, 0) is 6.54 Å². The summed E-state index contributed by atoms with van der Waals surface area (Å²) in [4.78, 5) is 23.7. The number of benzene rings is 1. The first-order chi connectivity index (χ1) is 10.1. The van der Waals surface area contributed by atoms with E-state index in [4.69, 9.17) is 0 Å². The molecule has 0 atom stereocenters. The molecule has 1 aromatic carbocycles. The number of rotatable bonds is 3. The van der Waals surface area contributed by atoms with E-state index in [-0.39, 0.29) is 11.1 Å². The van der Waals surface area contributed by atoms with Gasteiger partial charge in [-0.25, -0.2) is 0 Å². The molecule has 3 aromatic rings. The first kappa shape index (κ1) is 13.2. The van der Waals surface area contributed by atoms with Gasteiger partial charge in [0.15, 0.2) is 0 Å². The molecule has 0 radical (unpaired) electrons. The number of fused-ring (bicyclic) bond motifs is 1. The normalized spacial score (nSPS) is 11.0. The third kappa shape index (κ3) is 2.22. The van der Waals surface area contributed by atoms with Crippen LogP contribution in [0.25, 0.3) is 10.8 Å². The minimum atomic E-state index is -0.326. The van der Waals surface area contributed by atoms with Gasteiger partial charge in [-0.2, -0.15) is 5.10 Å². The number of aromatic nitrogens is 4. The van der Waals surface area contributed by atoms with Gasteiger partial charge in [0.25, 0.3) is 11.1 Å². The van der Waals surface area contributed by atoms with Crippen molar-refractivity contribution in [1.29, 1.82) is 0 Å². The van der Waals surface area contributed by atoms with Crippen LogP contribution in [0.5, 0.6) is 0 Å². The van der Waals surface area contributed by atoms with Crippen LogP contribution in [-0.4, -0.2) is 20.4 Å². The Hall–Kier alpha value is -2.83. The molecule has 0 fully saturated rings. The number of nitrogens with one attached hydrogen (secondary N) is 4. The average molecular weight is 285 g/mol. The minimum Gasteiger partial charge on any atom is -0.380 e. The Morgan fingerprint density at radius 2 is 1.90 bits per heavy atom. The molecule has 108 valence electrons. The lowest BCUT2D eigenvalue weighted by Crippen LogP contribution is -2.20. The molecule has 7 heteroatoms. The van der Waals surface area contributed by atoms with Crippen molar-refractivity contribution >= 4 is 16.5 Å². The Labute approximate surface area is 119 Å². The van der Waals surface area contributed by atoms with Gasteiger partial charge in [0.2, 0.25) is 0 Å². The van der Waals surface area contributed by atoms with Crippen molar-refractivity contribution in [3.05, 3.63) is 55.9 Å². The third-order valence-electron chi connectivity index (χ3n) is 3.56. The molecule has 7 nitrogen and oxygen atoms in total. The Balaban J connectivity index is 2.04. The fourth-order valence-electron chi connectivity index (χ4n) is 2.39. The van der Waals surface area contributed by atoms with Gasteiger partial charge < -0.3 is 5.32 Å². The number of hydrogen-bond acceptors (Lipinski definition) is 4. The van der Waals surface area contributed by atoms with Crippen LogP contribution >= 0.6 is 0 Å². The molecular weight excluding hydrogens is 270 g/mol. The van der Waals surface area contributed by atoms with Crippen molar-refractivity contribution in [3.8, 4) is 0 Å². The molecule has 0 aliphatic rings. The van der Waals surface area contributed by atoms with E-state index in [1.807, 2.05) is 13.8 Å². The summed E-state index contributed by atoms with van der Waals surface area (Å²) in [6, 6.07) is 5.15. The summed E-state index contributed by atoms with van der Waals surface area (Å²) in [5.74, 6) is 0. The van der Waals surface area contributed by atoms with Crippen LogP contribution in [0.2, 0.25) is 0 Å². The van der Waals surface area contributed by atoms with Crippen LogP contribution in [0.4, 0.5) is 5.69 Å². The maximum Gasteiger partial charge on any atom is 0.272 e. The van der Waals surface area contributed by atoms with E-state index in [2.05, 4.69) is 25.7 Å². The van der Waals surface area contributed by atoms with Gasteiger partial charge >= 0.3 is 0 Å². The molecular formula is C14H15N5O2. The van der Waals surface area contributed by atoms with Crippen LogP contribution in [0.1, 0.15) is 17.0 Å². The van der Waals surface area contributed by atoms with Gasteiger partial charge in [-0.3, -0.25) is 24.9 Å². The SMILES string of the molecule is Cc1n[nH]c(C)c1CNc1cccc2c(=O)[nH][nH]c(=O)c12. The molecule has 0 spiro atoms. The Kier molecular flexibility index (Phi) is 3.09. The number of hydrogen-bond donors (Lipinski definition) is 4. The van der Waals surface area contributed by atoms with Crippen molar-refractivity contribution in [2.24, 2.45) is 0 Å². The molecule has 0 saturated heterocycles. The van der Waals surface area contributed by atoms with E-state index in [1.54, 1.807) is 18.2 Å². The van der Waals surface area contributed by atoms with Gasteiger partial charge in [-0.15, -0.1) is 0 Å². The topological polar surface area (TPSA) is 106 Å². The summed E-state index contributed by atoms with van der Waals surface area (Å²) in [6.07, 6.45) is 0. The first-order valence-corrected chi connectivity index (χ1v) is 6.56. The predicted molar refractivity (Wildman–Crippen MR) is 80.6 cm³/mol. The molecule has 4 N–H and O–H groups in total. The number of aryl methyl sites for hydroxylation is 2. The molecule has 2 heterocycles. The van der Waals surface area contributed by atoms with Crippen LogP contribution < -0.4 is 16.4 Å². The van der Waals surface area contributed by atoms with Crippen molar-refractivity contribution in [3.63, 3.8) is 0 Å². The van der Waals surface area contributed by atoms with E-state index in [9.17, 15) is 9.59 Å². The van der Waals surface area contributed by atoms with Crippen molar-refractivity contribution in [2.45, 2.75) is 20.4 Å². The van der Waals surface area contributed by atoms with Crippen LogP contribution in [0, 0.1) is 13.8 Å². The van der Waals surface area contributed by atoms with Crippen molar-refractivity contribution < 1.29 is 0 Å². The second-order valence-electron chi connectivity index (χ2n) is 4.90. The Morgan fingerprint density at radius 1 is 1.14 bits per heavy atom. The molecule has 0 aliphatic heterocycles. The fourth-order valence-corrected chi connectivity index (χ4v) is 2.39. The second-order valence-corrected chi connectivity index (χ2v) is 4.90. The highest BCUT2D eigenvalue weighted by atomic mass is 16.1. The number of aromatic amines is 3. The summed E-state index contributed by atoms with van der Waals surface area (Å²) >= 11 is 0. The lowest BCUT2D eigenvalue weighted by atomic mass is 10.1. The summed E-state index contributed by atoms with van der Waals surface area (Å²) in [5.41, 5.74) is 2.92. The van der Waals surface area contributed by atoms with Gasteiger partial charge in [0.05, 0.1) is 16.5 Å². The van der Waals surface area contributed by atoms with Crippen molar-refractivity contribution in [1.82, 2.24) is 20.4 Å². The lowest BCUT2D eigenvalue weighted by molar-refractivity contribution is 0.975. The summed E-state index contributed by atoms with van der Waals surface area (Å²) in [5, 5.41) is 15.7. The number of H-pyrrole nitrogens is 3. The summed E-state index contributed by atoms with van der Waals surface area (Å²) < 4.78 is 0. The predicted octanol–water partition coefficient (Wildman–Crippen LogP) is 1.17. The first-order valence-electron chi connectivity index (χ1n) is 6.56. The zero-order valence-corrected chi connectivity index (χ0v) is 11.7. The van der Waals surface area contributed by atoms with Crippen LogP contribution in [0.15, 0.2) is 27.8 Å². The van der Waals surface area contributed by atoms with Gasteiger partial charge in [0, 0.05) is 23.5 Å². The molecule has 2 aromatic heterocycles. The zero-order chi connectivity index (χ0) is 15.0. The highest BCUT2D eigenvalue weighted by Crippen LogP contribution is 2.19. The molecule has 21 heavy (non-hydrogen) atoms. The molecule has 3 rings (SSSR count). The standard InChI is InChI=1S/C14H15N5O2/c1-7-10(8(2)17-16-7)6-15-11-5-3-4-9-12(11)14(21)19-18-13(9)20/h3-5,15H,6H2,1-2H3,(H,16,17)(H,18,20)(H,19,21). The molecule has 0 bridgehead atoms. The zero-order valence-electron chi connectivity index (χ0n) is 11.7. The summed E-state index contributed by atoms with van der Waals surface area (Å²) in [6.45, 7) is 4.39. The maximum absolute atomic E-state index is 12.0. The van der Waals surface area contributed by atoms with Gasteiger partial charge in [-0.05, 0) is 26.0 Å². The molecule has 0 unspecified atom stereocenters.